The minimum Gasteiger partial charge on any atom is -0.355 e. The highest BCUT2D eigenvalue weighted by Crippen LogP contribution is 2.26. The van der Waals surface area contributed by atoms with Crippen LogP contribution in [-0.4, -0.2) is 35.6 Å². The third kappa shape index (κ3) is 4.69. The van der Waals surface area contributed by atoms with Crippen molar-refractivity contribution in [2.75, 3.05) is 19.6 Å². The van der Waals surface area contributed by atoms with Crippen LogP contribution >= 0.6 is 11.6 Å². The van der Waals surface area contributed by atoms with E-state index in [1.54, 1.807) is 6.07 Å². The van der Waals surface area contributed by atoms with Crippen molar-refractivity contribution in [2.24, 2.45) is 0 Å². The van der Waals surface area contributed by atoms with Crippen LogP contribution in [0.1, 0.15) is 40.5 Å². The van der Waals surface area contributed by atoms with E-state index in [4.69, 9.17) is 16.1 Å². The van der Waals surface area contributed by atoms with E-state index in [1.807, 2.05) is 55.5 Å². The van der Waals surface area contributed by atoms with Gasteiger partial charge in [0.2, 0.25) is 0 Å². The lowest BCUT2D eigenvalue weighted by atomic mass is 10.1. The van der Waals surface area contributed by atoms with Crippen molar-refractivity contribution in [1.29, 1.82) is 0 Å². The van der Waals surface area contributed by atoms with Gasteiger partial charge in [0.15, 0.2) is 11.5 Å². The van der Waals surface area contributed by atoms with Crippen LogP contribution in [-0.2, 0) is 0 Å². The molecule has 0 radical (unpaired) electrons. The van der Waals surface area contributed by atoms with Gasteiger partial charge in [-0.15, -0.1) is 0 Å². The predicted octanol–water partition coefficient (Wildman–Crippen LogP) is 4.87. The summed E-state index contributed by atoms with van der Waals surface area (Å²) in [6.45, 7) is 4.60. The van der Waals surface area contributed by atoms with Crippen molar-refractivity contribution in [3.63, 3.8) is 0 Å². The summed E-state index contributed by atoms with van der Waals surface area (Å²) < 4.78 is 5.38. The molecule has 0 bridgehead atoms. The molecule has 150 valence electrons. The van der Waals surface area contributed by atoms with Crippen molar-refractivity contribution in [3.8, 4) is 11.3 Å². The third-order valence-electron chi connectivity index (χ3n) is 5.37. The lowest BCUT2D eigenvalue weighted by Gasteiger charge is -2.28. The number of aromatic nitrogens is 1. The molecule has 5 nitrogen and oxygen atoms in total. The first kappa shape index (κ1) is 19.7. The number of benzene rings is 2. The molecule has 1 aliphatic heterocycles. The normalized spacial score (nSPS) is 15.4. The summed E-state index contributed by atoms with van der Waals surface area (Å²) in [7, 11) is 0. The van der Waals surface area contributed by atoms with E-state index < -0.39 is 0 Å². The topological polar surface area (TPSA) is 58.4 Å². The van der Waals surface area contributed by atoms with Crippen molar-refractivity contribution < 1.29 is 9.32 Å². The van der Waals surface area contributed by atoms with Gasteiger partial charge in [0.1, 0.15) is 0 Å². The third-order valence-corrected chi connectivity index (χ3v) is 5.62. The van der Waals surface area contributed by atoms with Crippen LogP contribution in [0.5, 0.6) is 0 Å². The highest BCUT2D eigenvalue weighted by atomic mass is 35.5. The fourth-order valence-corrected chi connectivity index (χ4v) is 3.84. The molecule has 29 heavy (non-hydrogen) atoms. The first-order valence-electron chi connectivity index (χ1n) is 9.91. The molecule has 4 rings (SSSR count). The molecule has 1 saturated heterocycles. The van der Waals surface area contributed by atoms with Gasteiger partial charge in [0, 0.05) is 23.2 Å². The largest absolute Gasteiger partial charge is 0.355 e. The summed E-state index contributed by atoms with van der Waals surface area (Å²) in [5.74, 6) is 0.356. The van der Waals surface area contributed by atoms with E-state index in [0.29, 0.717) is 17.3 Å². The van der Waals surface area contributed by atoms with Gasteiger partial charge in [-0.3, -0.25) is 9.69 Å². The Morgan fingerprint density at radius 1 is 1.14 bits per heavy atom. The summed E-state index contributed by atoms with van der Waals surface area (Å²) in [4.78, 5) is 15.1. The van der Waals surface area contributed by atoms with Crippen molar-refractivity contribution in [2.45, 2.75) is 25.8 Å². The number of aryl methyl sites for hydroxylation is 1. The van der Waals surface area contributed by atoms with Crippen molar-refractivity contribution in [3.05, 3.63) is 76.4 Å². The number of rotatable bonds is 6. The SMILES string of the molecule is Cc1ccc(-c2cc(C(=O)NC[C@@H](c3ccc(Cl)cc3)N3CCCC3)no2)cc1. The average molecular weight is 410 g/mol. The number of amides is 1. The maximum atomic E-state index is 12.7. The molecule has 0 unspecified atom stereocenters. The van der Waals surface area contributed by atoms with E-state index >= 15 is 0 Å². The van der Waals surface area contributed by atoms with Gasteiger partial charge in [-0.2, -0.15) is 0 Å². The predicted molar refractivity (Wildman–Crippen MR) is 114 cm³/mol. The number of nitrogens with one attached hydrogen (secondary N) is 1. The minimum atomic E-state index is -0.231. The van der Waals surface area contributed by atoms with Crippen LogP contribution in [0.25, 0.3) is 11.3 Å². The fourth-order valence-electron chi connectivity index (χ4n) is 3.71. The van der Waals surface area contributed by atoms with Crippen molar-refractivity contribution >= 4 is 17.5 Å². The first-order chi connectivity index (χ1) is 14.1. The summed E-state index contributed by atoms with van der Waals surface area (Å²) in [5, 5.41) is 7.70. The molecule has 0 spiro atoms. The molecular formula is C23H24ClN3O2. The Morgan fingerprint density at radius 2 is 1.83 bits per heavy atom. The second-order valence-corrected chi connectivity index (χ2v) is 7.90. The van der Waals surface area contributed by atoms with Gasteiger partial charge in [-0.05, 0) is 50.6 Å². The highest BCUT2D eigenvalue weighted by molar-refractivity contribution is 6.30. The summed E-state index contributed by atoms with van der Waals surface area (Å²) in [6.07, 6.45) is 2.36. The lowest BCUT2D eigenvalue weighted by molar-refractivity contribution is 0.0929. The molecule has 1 atom stereocenters. The first-order valence-corrected chi connectivity index (χ1v) is 10.3. The number of carbonyl (C=O) groups is 1. The average Bonchev–Trinajstić information content (AvgIpc) is 3.42. The number of nitrogens with zero attached hydrogens (tertiary/aromatic N) is 2. The summed E-state index contributed by atoms with van der Waals surface area (Å²) in [6, 6.07) is 17.6. The van der Waals surface area contributed by atoms with Gasteiger partial charge < -0.3 is 9.84 Å². The van der Waals surface area contributed by atoms with E-state index in [9.17, 15) is 4.79 Å². The van der Waals surface area contributed by atoms with Crippen LogP contribution < -0.4 is 5.32 Å². The standard InChI is InChI=1S/C23H24ClN3O2/c1-16-4-6-18(7-5-16)22-14-20(26-29-22)23(28)25-15-21(27-12-2-3-13-27)17-8-10-19(24)11-9-17/h4-11,14,21H,2-3,12-13,15H2,1H3,(H,25,28)/t21-/m0/s1. The monoisotopic (exact) mass is 409 g/mol. The van der Waals surface area contributed by atoms with E-state index in [0.717, 1.165) is 24.2 Å². The Balaban J connectivity index is 1.45. The van der Waals surface area contributed by atoms with Crippen LogP contribution in [0.2, 0.25) is 5.02 Å². The van der Waals surface area contributed by atoms with Gasteiger partial charge in [-0.25, -0.2) is 0 Å². The van der Waals surface area contributed by atoms with E-state index in [2.05, 4.69) is 15.4 Å². The molecule has 1 aromatic heterocycles. The minimum absolute atomic E-state index is 0.113. The van der Waals surface area contributed by atoms with Crippen molar-refractivity contribution in [1.82, 2.24) is 15.4 Å². The molecular weight excluding hydrogens is 386 g/mol. The number of halogens is 1. The fraction of sp³-hybridized carbons (Fsp3) is 0.304. The Bertz CT molecular complexity index is 961. The summed E-state index contributed by atoms with van der Waals surface area (Å²) in [5.41, 5.74) is 3.51. The molecule has 1 N–H and O–H groups in total. The van der Waals surface area contributed by atoms with Gasteiger partial charge in [-0.1, -0.05) is 58.7 Å². The molecule has 0 aliphatic carbocycles. The lowest BCUT2D eigenvalue weighted by Crippen LogP contribution is -2.36. The Morgan fingerprint density at radius 3 is 2.52 bits per heavy atom. The van der Waals surface area contributed by atoms with Gasteiger partial charge in [0.05, 0.1) is 6.04 Å². The van der Waals surface area contributed by atoms with Gasteiger partial charge >= 0.3 is 0 Å². The van der Waals surface area contributed by atoms with Crippen LogP contribution in [0.3, 0.4) is 0 Å². The second kappa shape index (κ2) is 8.80. The number of likely N-dealkylation sites (tertiary alicyclic amines) is 1. The zero-order valence-electron chi connectivity index (χ0n) is 16.4. The molecule has 1 fully saturated rings. The Labute approximate surface area is 175 Å². The quantitative estimate of drug-likeness (QED) is 0.631. The number of hydrogen-bond acceptors (Lipinski definition) is 4. The Kier molecular flexibility index (Phi) is 5.97. The molecule has 2 aromatic carbocycles. The summed E-state index contributed by atoms with van der Waals surface area (Å²) >= 11 is 6.04. The molecule has 1 amide bonds. The molecule has 6 heteroatoms. The maximum Gasteiger partial charge on any atom is 0.273 e. The molecule has 3 aromatic rings. The van der Waals surface area contributed by atoms with E-state index in [-0.39, 0.29) is 17.6 Å². The molecule has 1 aliphatic rings. The highest BCUT2D eigenvalue weighted by Gasteiger charge is 2.24. The van der Waals surface area contributed by atoms with Gasteiger partial charge in [0.25, 0.3) is 5.91 Å². The zero-order chi connectivity index (χ0) is 20.2. The van der Waals surface area contributed by atoms with Crippen LogP contribution in [0.15, 0.2) is 59.1 Å². The number of carbonyl (C=O) groups excluding carboxylic acids is 1. The van der Waals surface area contributed by atoms with Crippen LogP contribution in [0, 0.1) is 6.92 Å². The number of hydrogen-bond donors (Lipinski definition) is 1. The molecule has 0 saturated carbocycles. The second-order valence-electron chi connectivity index (χ2n) is 7.46. The smallest absolute Gasteiger partial charge is 0.273 e. The van der Waals surface area contributed by atoms with Crippen LogP contribution in [0.4, 0.5) is 0 Å². The van der Waals surface area contributed by atoms with E-state index in [1.165, 1.54) is 18.4 Å². The zero-order valence-corrected chi connectivity index (χ0v) is 17.2. The Hall–Kier alpha value is -2.63. The molecule has 2 heterocycles. The maximum absolute atomic E-state index is 12.7.